The lowest BCUT2D eigenvalue weighted by atomic mass is 10.2. The van der Waals surface area contributed by atoms with Gasteiger partial charge in [0.1, 0.15) is 0 Å². The van der Waals surface area contributed by atoms with Crippen molar-refractivity contribution in [3.63, 3.8) is 0 Å². The summed E-state index contributed by atoms with van der Waals surface area (Å²) < 4.78 is 12.2. The SMILES string of the molecule is Nc1ccc(S(=O)Cc2cccc(Cl)c2Cl)cc1. The Balaban J connectivity index is 2.21. The first-order valence-corrected chi connectivity index (χ1v) is 7.32. The normalized spacial score (nSPS) is 12.3. The number of nitrogens with two attached hydrogens (primary N) is 1. The standard InChI is InChI=1S/C13H11Cl2NOS/c14-12-3-1-2-9(13(12)15)8-18(17)11-6-4-10(16)5-7-11/h1-7H,8,16H2. The molecule has 0 bridgehead atoms. The largest absolute Gasteiger partial charge is 0.399 e. The fraction of sp³-hybridized carbons (Fsp3) is 0.0769. The third-order valence-corrected chi connectivity index (χ3v) is 4.69. The number of anilines is 1. The monoisotopic (exact) mass is 299 g/mol. The molecule has 2 nitrogen and oxygen atoms in total. The second-order valence-corrected chi connectivity index (χ2v) is 6.01. The maximum absolute atomic E-state index is 12.2. The van der Waals surface area contributed by atoms with Crippen LogP contribution >= 0.6 is 23.2 Å². The van der Waals surface area contributed by atoms with Crippen LogP contribution in [0.2, 0.25) is 10.0 Å². The highest BCUT2D eigenvalue weighted by molar-refractivity contribution is 7.84. The summed E-state index contributed by atoms with van der Waals surface area (Å²) >= 11 is 12.0. The Hall–Kier alpha value is -1.03. The minimum absolute atomic E-state index is 0.337. The zero-order valence-electron chi connectivity index (χ0n) is 9.40. The van der Waals surface area contributed by atoms with Crippen LogP contribution in [0, 0.1) is 0 Å². The van der Waals surface area contributed by atoms with E-state index in [9.17, 15) is 4.21 Å². The van der Waals surface area contributed by atoms with Gasteiger partial charge in [-0.3, -0.25) is 4.21 Å². The van der Waals surface area contributed by atoms with Crippen LogP contribution < -0.4 is 5.73 Å². The molecule has 0 aliphatic carbocycles. The van der Waals surface area contributed by atoms with Crippen LogP contribution in [0.25, 0.3) is 0 Å². The van der Waals surface area contributed by atoms with E-state index in [2.05, 4.69) is 0 Å². The second kappa shape index (κ2) is 5.74. The van der Waals surface area contributed by atoms with Crippen molar-refractivity contribution in [1.29, 1.82) is 0 Å². The first kappa shape index (κ1) is 13.4. The number of halogens is 2. The highest BCUT2D eigenvalue weighted by atomic mass is 35.5. The van der Waals surface area contributed by atoms with Gasteiger partial charge in [0.25, 0.3) is 0 Å². The van der Waals surface area contributed by atoms with E-state index in [0.29, 0.717) is 21.5 Å². The topological polar surface area (TPSA) is 43.1 Å². The molecule has 0 heterocycles. The smallest absolute Gasteiger partial charge is 0.0633 e. The van der Waals surface area contributed by atoms with Crippen molar-refractivity contribution in [2.75, 3.05) is 5.73 Å². The Morgan fingerprint density at radius 3 is 2.39 bits per heavy atom. The van der Waals surface area contributed by atoms with Gasteiger partial charge >= 0.3 is 0 Å². The third kappa shape index (κ3) is 3.05. The third-order valence-electron chi connectivity index (χ3n) is 2.46. The quantitative estimate of drug-likeness (QED) is 0.874. The number of rotatable bonds is 3. The minimum atomic E-state index is -1.16. The number of benzene rings is 2. The summed E-state index contributed by atoms with van der Waals surface area (Å²) in [5.41, 5.74) is 7.01. The Morgan fingerprint density at radius 1 is 1.06 bits per heavy atom. The van der Waals surface area contributed by atoms with E-state index in [1.807, 2.05) is 6.07 Å². The van der Waals surface area contributed by atoms with Gasteiger partial charge in [-0.05, 0) is 35.9 Å². The maximum Gasteiger partial charge on any atom is 0.0633 e. The molecular weight excluding hydrogens is 289 g/mol. The number of hydrogen-bond donors (Lipinski definition) is 1. The molecule has 18 heavy (non-hydrogen) atoms. The molecule has 0 fully saturated rings. The van der Waals surface area contributed by atoms with E-state index < -0.39 is 10.8 Å². The number of hydrogen-bond acceptors (Lipinski definition) is 2. The molecule has 94 valence electrons. The molecule has 0 amide bonds. The molecule has 1 unspecified atom stereocenters. The van der Waals surface area contributed by atoms with Gasteiger partial charge < -0.3 is 5.73 Å². The van der Waals surface area contributed by atoms with Gasteiger partial charge in [-0.15, -0.1) is 0 Å². The second-order valence-electron chi connectivity index (χ2n) is 3.77. The lowest BCUT2D eigenvalue weighted by molar-refractivity contribution is 0.682. The minimum Gasteiger partial charge on any atom is -0.399 e. The van der Waals surface area contributed by atoms with Crippen LogP contribution in [0.15, 0.2) is 47.4 Å². The molecular formula is C13H11Cl2NOS. The van der Waals surface area contributed by atoms with Gasteiger partial charge in [-0.25, -0.2) is 0 Å². The molecule has 0 aliphatic heterocycles. The van der Waals surface area contributed by atoms with Gasteiger partial charge in [0.15, 0.2) is 0 Å². The molecule has 5 heteroatoms. The molecule has 2 N–H and O–H groups in total. The molecule has 0 saturated carbocycles. The number of nitrogen functional groups attached to an aromatic ring is 1. The summed E-state index contributed by atoms with van der Waals surface area (Å²) in [6.45, 7) is 0. The molecule has 0 aliphatic rings. The summed E-state index contributed by atoms with van der Waals surface area (Å²) in [4.78, 5) is 0.722. The summed E-state index contributed by atoms with van der Waals surface area (Å²) in [5.74, 6) is 0.337. The van der Waals surface area contributed by atoms with Crippen molar-refractivity contribution in [1.82, 2.24) is 0 Å². The highest BCUT2D eigenvalue weighted by Crippen LogP contribution is 2.27. The van der Waals surface area contributed by atoms with Crippen LogP contribution in [-0.2, 0) is 16.6 Å². The van der Waals surface area contributed by atoms with Crippen molar-refractivity contribution in [3.8, 4) is 0 Å². The van der Waals surface area contributed by atoms with Crippen molar-refractivity contribution < 1.29 is 4.21 Å². The van der Waals surface area contributed by atoms with Crippen LogP contribution in [-0.4, -0.2) is 4.21 Å². The molecule has 2 aromatic rings. The summed E-state index contributed by atoms with van der Waals surface area (Å²) in [6.07, 6.45) is 0. The van der Waals surface area contributed by atoms with Crippen LogP contribution in [0.3, 0.4) is 0 Å². The van der Waals surface area contributed by atoms with Gasteiger partial charge in [-0.2, -0.15) is 0 Å². The van der Waals surface area contributed by atoms with E-state index in [1.165, 1.54) is 0 Å². The van der Waals surface area contributed by atoms with Crippen molar-refractivity contribution in [3.05, 3.63) is 58.1 Å². The predicted molar refractivity (Wildman–Crippen MR) is 77.4 cm³/mol. The highest BCUT2D eigenvalue weighted by Gasteiger charge is 2.09. The molecule has 0 aromatic heterocycles. The van der Waals surface area contributed by atoms with E-state index in [4.69, 9.17) is 28.9 Å². The zero-order valence-corrected chi connectivity index (χ0v) is 11.7. The first-order valence-electron chi connectivity index (χ1n) is 5.25. The van der Waals surface area contributed by atoms with Crippen LogP contribution in [0.4, 0.5) is 5.69 Å². The molecule has 2 rings (SSSR count). The molecule has 0 saturated heterocycles. The lowest BCUT2D eigenvalue weighted by Gasteiger charge is -2.06. The average Bonchev–Trinajstić information content (AvgIpc) is 2.36. The molecule has 0 radical (unpaired) electrons. The van der Waals surface area contributed by atoms with Crippen molar-refractivity contribution >= 4 is 39.7 Å². The molecule has 1 atom stereocenters. The van der Waals surface area contributed by atoms with Gasteiger partial charge in [-0.1, -0.05) is 35.3 Å². The first-order chi connectivity index (χ1) is 8.58. The summed E-state index contributed by atoms with van der Waals surface area (Å²) in [7, 11) is -1.16. The van der Waals surface area contributed by atoms with E-state index >= 15 is 0 Å². The summed E-state index contributed by atoms with van der Waals surface area (Å²) in [6, 6.07) is 12.3. The Kier molecular flexibility index (Phi) is 4.27. The molecule has 2 aromatic carbocycles. The average molecular weight is 300 g/mol. The summed E-state index contributed by atoms with van der Waals surface area (Å²) in [5, 5.41) is 0.937. The Labute approximate surface area is 118 Å². The van der Waals surface area contributed by atoms with Crippen LogP contribution in [0.5, 0.6) is 0 Å². The van der Waals surface area contributed by atoms with Gasteiger partial charge in [0, 0.05) is 10.6 Å². The van der Waals surface area contributed by atoms with Crippen LogP contribution in [0.1, 0.15) is 5.56 Å². The fourth-order valence-corrected chi connectivity index (χ4v) is 3.10. The maximum atomic E-state index is 12.2. The van der Waals surface area contributed by atoms with E-state index in [1.54, 1.807) is 36.4 Å². The lowest BCUT2D eigenvalue weighted by Crippen LogP contribution is -1.98. The Morgan fingerprint density at radius 2 is 1.72 bits per heavy atom. The zero-order chi connectivity index (χ0) is 13.1. The van der Waals surface area contributed by atoms with E-state index in [0.717, 1.165) is 10.5 Å². The molecule has 0 spiro atoms. The van der Waals surface area contributed by atoms with Gasteiger partial charge in [0.2, 0.25) is 0 Å². The van der Waals surface area contributed by atoms with Gasteiger partial charge in [0.05, 0.1) is 26.6 Å². The van der Waals surface area contributed by atoms with Crippen molar-refractivity contribution in [2.45, 2.75) is 10.6 Å². The van der Waals surface area contributed by atoms with Crippen molar-refractivity contribution in [2.24, 2.45) is 0 Å². The Bertz CT molecular complexity index is 584. The van der Waals surface area contributed by atoms with E-state index in [-0.39, 0.29) is 0 Å². The predicted octanol–water partition coefficient (Wildman–Crippen LogP) is 3.88. The fourth-order valence-electron chi connectivity index (χ4n) is 1.50.